The van der Waals surface area contributed by atoms with Crippen LogP contribution in [0.2, 0.25) is 0 Å². The molecule has 1 aliphatic carbocycles. The molecule has 2 N–H and O–H groups in total. The largest absolute Gasteiger partial charge is 0.379 e. The quantitative estimate of drug-likeness (QED) is 0.315. The summed E-state index contributed by atoms with van der Waals surface area (Å²) in [6.07, 6.45) is 6.29. The van der Waals surface area contributed by atoms with Gasteiger partial charge in [0.1, 0.15) is 0 Å². The standard InChI is InChI=1S/C21H33N5O3/c1-2-22-20(23-16-18-6-8-19(9-7-18)26(27)28)24-17-21(10-4-3-5-11-21)25-12-14-29-15-13-25/h6-9H,2-5,10-17H2,1H3,(H2,22,23,24). The van der Waals surface area contributed by atoms with E-state index in [2.05, 4.69) is 22.5 Å². The van der Waals surface area contributed by atoms with Gasteiger partial charge in [0.2, 0.25) is 0 Å². The topological polar surface area (TPSA) is 92.0 Å². The monoisotopic (exact) mass is 403 g/mol. The zero-order chi connectivity index (χ0) is 20.5. The molecule has 0 amide bonds. The van der Waals surface area contributed by atoms with Crippen LogP contribution in [-0.4, -0.2) is 60.7 Å². The maximum absolute atomic E-state index is 10.8. The Morgan fingerprint density at radius 1 is 1.17 bits per heavy atom. The van der Waals surface area contributed by atoms with Crippen LogP contribution in [0.15, 0.2) is 29.3 Å². The van der Waals surface area contributed by atoms with E-state index in [-0.39, 0.29) is 16.1 Å². The molecule has 1 heterocycles. The van der Waals surface area contributed by atoms with Gasteiger partial charge in [-0.05, 0) is 25.3 Å². The van der Waals surface area contributed by atoms with Crippen molar-refractivity contribution in [2.24, 2.45) is 4.99 Å². The van der Waals surface area contributed by atoms with Crippen molar-refractivity contribution in [3.05, 3.63) is 39.9 Å². The normalized spacial score (nSPS) is 20.2. The second kappa shape index (κ2) is 10.5. The molecule has 29 heavy (non-hydrogen) atoms. The summed E-state index contributed by atoms with van der Waals surface area (Å²) in [7, 11) is 0. The van der Waals surface area contributed by atoms with E-state index in [4.69, 9.17) is 9.73 Å². The molecular formula is C21H33N5O3. The number of guanidine groups is 1. The first-order chi connectivity index (χ1) is 14.1. The molecule has 0 aromatic heterocycles. The first-order valence-electron chi connectivity index (χ1n) is 10.7. The van der Waals surface area contributed by atoms with Crippen LogP contribution in [0.3, 0.4) is 0 Å². The highest BCUT2D eigenvalue weighted by atomic mass is 16.6. The fraction of sp³-hybridized carbons (Fsp3) is 0.667. The second-order valence-electron chi connectivity index (χ2n) is 7.86. The molecule has 0 spiro atoms. The SMILES string of the molecule is CCNC(=NCc1ccc([N+](=O)[O-])cc1)NCC1(N2CCOCC2)CCCCC1. The lowest BCUT2D eigenvalue weighted by molar-refractivity contribution is -0.384. The maximum Gasteiger partial charge on any atom is 0.269 e. The van der Waals surface area contributed by atoms with Gasteiger partial charge in [-0.3, -0.25) is 15.0 Å². The zero-order valence-electron chi connectivity index (χ0n) is 17.4. The molecule has 8 heteroatoms. The Morgan fingerprint density at radius 3 is 2.48 bits per heavy atom. The molecule has 1 saturated heterocycles. The van der Waals surface area contributed by atoms with Gasteiger partial charge in [-0.2, -0.15) is 0 Å². The number of benzene rings is 1. The average molecular weight is 404 g/mol. The first kappa shape index (κ1) is 21.5. The van der Waals surface area contributed by atoms with Crippen LogP contribution in [0, 0.1) is 10.1 Å². The minimum absolute atomic E-state index is 0.104. The molecule has 1 aromatic rings. The van der Waals surface area contributed by atoms with Gasteiger partial charge in [0.05, 0.1) is 24.7 Å². The molecule has 2 aliphatic rings. The minimum atomic E-state index is -0.381. The second-order valence-corrected chi connectivity index (χ2v) is 7.86. The molecule has 3 rings (SSSR count). The number of hydrogen-bond donors (Lipinski definition) is 2. The summed E-state index contributed by atoms with van der Waals surface area (Å²) >= 11 is 0. The van der Waals surface area contributed by atoms with E-state index < -0.39 is 0 Å². The molecule has 0 unspecified atom stereocenters. The van der Waals surface area contributed by atoms with Gasteiger partial charge >= 0.3 is 0 Å². The van der Waals surface area contributed by atoms with Crippen LogP contribution in [0.25, 0.3) is 0 Å². The average Bonchev–Trinajstić information content (AvgIpc) is 2.77. The molecule has 0 atom stereocenters. The molecule has 1 aliphatic heterocycles. The van der Waals surface area contributed by atoms with Crippen LogP contribution >= 0.6 is 0 Å². The fourth-order valence-corrected chi connectivity index (χ4v) is 4.34. The van der Waals surface area contributed by atoms with Crippen molar-refractivity contribution in [2.45, 2.75) is 51.1 Å². The summed E-state index contributed by atoms with van der Waals surface area (Å²) in [5.74, 6) is 0.795. The van der Waals surface area contributed by atoms with E-state index in [1.807, 2.05) is 0 Å². The van der Waals surface area contributed by atoms with Crippen molar-refractivity contribution in [2.75, 3.05) is 39.4 Å². The Balaban J connectivity index is 1.64. The number of morpholine rings is 1. The molecule has 0 bridgehead atoms. The van der Waals surface area contributed by atoms with E-state index in [0.29, 0.717) is 6.54 Å². The van der Waals surface area contributed by atoms with Crippen molar-refractivity contribution in [3.8, 4) is 0 Å². The van der Waals surface area contributed by atoms with Gasteiger partial charge in [-0.1, -0.05) is 31.4 Å². The van der Waals surface area contributed by atoms with Crippen LogP contribution in [0.5, 0.6) is 0 Å². The van der Waals surface area contributed by atoms with Gasteiger partial charge in [0, 0.05) is 43.9 Å². The number of nitrogens with one attached hydrogen (secondary N) is 2. The number of rotatable bonds is 7. The van der Waals surface area contributed by atoms with Crippen molar-refractivity contribution in [3.63, 3.8) is 0 Å². The number of hydrogen-bond acceptors (Lipinski definition) is 5. The smallest absolute Gasteiger partial charge is 0.269 e. The van der Waals surface area contributed by atoms with Gasteiger partial charge < -0.3 is 15.4 Å². The van der Waals surface area contributed by atoms with Gasteiger partial charge in [-0.15, -0.1) is 0 Å². The Labute approximate surface area is 172 Å². The van der Waals surface area contributed by atoms with E-state index in [1.165, 1.54) is 44.2 Å². The van der Waals surface area contributed by atoms with Gasteiger partial charge in [0.25, 0.3) is 5.69 Å². The molecule has 160 valence electrons. The summed E-state index contributed by atoms with van der Waals surface area (Å²) in [4.78, 5) is 17.7. The van der Waals surface area contributed by atoms with E-state index >= 15 is 0 Å². The van der Waals surface area contributed by atoms with E-state index in [9.17, 15) is 10.1 Å². The third kappa shape index (κ3) is 5.90. The molecule has 2 fully saturated rings. The number of nitro groups is 1. The fourth-order valence-electron chi connectivity index (χ4n) is 4.34. The van der Waals surface area contributed by atoms with Crippen molar-refractivity contribution in [1.29, 1.82) is 0 Å². The third-order valence-corrected chi connectivity index (χ3v) is 5.96. The highest BCUT2D eigenvalue weighted by Crippen LogP contribution is 2.33. The highest BCUT2D eigenvalue weighted by Gasteiger charge is 2.38. The summed E-state index contributed by atoms with van der Waals surface area (Å²) < 4.78 is 5.57. The molecule has 8 nitrogen and oxygen atoms in total. The summed E-state index contributed by atoms with van der Waals surface area (Å²) in [5, 5.41) is 17.7. The number of nitrogens with zero attached hydrogens (tertiary/aromatic N) is 3. The molecule has 1 aromatic carbocycles. The highest BCUT2D eigenvalue weighted by molar-refractivity contribution is 5.79. The first-order valence-corrected chi connectivity index (χ1v) is 10.7. The summed E-state index contributed by atoms with van der Waals surface area (Å²) in [6, 6.07) is 6.59. The minimum Gasteiger partial charge on any atom is -0.379 e. The number of non-ortho nitro benzene ring substituents is 1. The van der Waals surface area contributed by atoms with Crippen molar-refractivity contribution >= 4 is 11.6 Å². The predicted octanol–water partition coefficient (Wildman–Crippen LogP) is 2.69. The van der Waals surface area contributed by atoms with Crippen LogP contribution in [0.4, 0.5) is 5.69 Å². The lowest BCUT2D eigenvalue weighted by Gasteiger charge is -2.48. The van der Waals surface area contributed by atoms with E-state index in [1.54, 1.807) is 12.1 Å². The van der Waals surface area contributed by atoms with Crippen LogP contribution in [-0.2, 0) is 11.3 Å². The van der Waals surface area contributed by atoms with Gasteiger partial charge in [-0.25, -0.2) is 4.99 Å². The van der Waals surface area contributed by atoms with Crippen LogP contribution < -0.4 is 10.6 Å². The molecule has 1 saturated carbocycles. The molecular weight excluding hydrogens is 370 g/mol. The maximum atomic E-state index is 10.8. The number of ether oxygens (including phenoxy) is 1. The predicted molar refractivity (Wildman–Crippen MR) is 114 cm³/mol. The Hall–Kier alpha value is -2.19. The summed E-state index contributed by atoms with van der Waals surface area (Å²) in [6.45, 7) is 7.83. The Kier molecular flexibility index (Phi) is 7.83. The van der Waals surface area contributed by atoms with Gasteiger partial charge in [0.15, 0.2) is 5.96 Å². The number of nitro benzene ring substituents is 1. The van der Waals surface area contributed by atoms with E-state index in [0.717, 1.165) is 50.9 Å². The van der Waals surface area contributed by atoms with Crippen molar-refractivity contribution < 1.29 is 9.66 Å². The summed E-state index contributed by atoms with van der Waals surface area (Å²) in [5.41, 5.74) is 1.23. The lowest BCUT2D eigenvalue weighted by atomic mass is 9.80. The zero-order valence-corrected chi connectivity index (χ0v) is 17.4. The third-order valence-electron chi connectivity index (χ3n) is 5.96. The van der Waals surface area contributed by atoms with Crippen LogP contribution in [0.1, 0.15) is 44.6 Å². The number of aliphatic imine (C=N–C) groups is 1. The molecule has 0 radical (unpaired) electrons. The Morgan fingerprint density at radius 2 is 1.86 bits per heavy atom. The Bertz CT molecular complexity index is 680. The lowest BCUT2D eigenvalue weighted by Crippen LogP contribution is -2.60. The van der Waals surface area contributed by atoms with Crippen molar-refractivity contribution in [1.82, 2.24) is 15.5 Å².